The fourth-order valence-electron chi connectivity index (χ4n) is 3.99. The standard InChI is InChI=1S/C17H20FN3O2/c18-14-7-12(1-2-13(14)10-3-5-19-6-4-10)21-17-8-11(9-17)15(22)20-16(17)23/h1-2,7,10-11,19,21H,3-6,8-9H2,(H,20,22,23). The van der Waals surface area contributed by atoms with E-state index in [2.05, 4.69) is 16.0 Å². The largest absolute Gasteiger partial charge is 0.371 e. The van der Waals surface area contributed by atoms with Gasteiger partial charge in [-0.1, -0.05) is 6.07 Å². The van der Waals surface area contributed by atoms with E-state index in [1.165, 1.54) is 6.07 Å². The molecule has 5 nitrogen and oxygen atoms in total. The van der Waals surface area contributed by atoms with Crippen LogP contribution in [0.1, 0.15) is 37.2 Å². The molecule has 0 radical (unpaired) electrons. The normalized spacial score (nSPS) is 30.6. The molecule has 0 atom stereocenters. The molecule has 3 aliphatic heterocycles. The Morgan fingerprint density at radius 1 is 1.13 bits per heavy atom. The zero-order valence-electron chi connectivity index (χ0n) is 12.8. The fraction of sp³-hybridized carbons (Fsp3) is 0.529. The van der Waals surface area contributed by atoms with Gasteiger partial charge in [-0.15, -0.1) is 0 Å². The molecule has 6 heteroatoms. The van der Waals surface area contributed by atoms with Gasteiger partial charge in [0.25, 0.3) is 5.91 Å². The van der Waals surface area contributed by atoms with E-state index < -0.39 is 5.54 Å². The molecule has 1 saturated carbocycles. The first kappa shape index (κ1) is 14.6. The van der Waals surface area contributed by atoms with Crippen LogP contribution in [0.5, 0.6) is 0 Å². The number of halogens is 1. The zero-order valence-corrected chi connectivity index (χ0v) is 12.8. The van der Waals surface area contributed by atoms with Crippen molar-refractivity contribution in [2.75, 3.05) is 18.4 Å². The molecule has 5 rings (SSSR count). The molecule has 1 aliphatic carbocycles. The lowest BCUT2D eigenvalue weighted by Crippen LogP contribution is -2.69. The molecule has 3 saturated heterocycles. The second kappa shape index (κ2) is 5.30. The molecule has 4 aliphatic rings. The van der Waals surface area contributed by atoms with Gasteiger partial charge in [-0.05, 0) is 62.4 Å². The number of fused-ring (bicyclic) bond motifs is 2. The quantitative estimate of drug-likeness (QED) is 0.739. The predicted octanol–water partition coefficient (Wildman–Crippen LogP) is 1.51. The second-order valence-corrected chi connectivity index (χ2v) is 6.89. The molecule has 2 bridgehead atoms. The van der Waals surface area contributed by atoms with Gasteiger partial charge in [0.05, 0.1) is 0 Å². The fourth-order valence-corrected chi connectivity index (χ4v) is 3.99. The maximum atomic E-state index is 14.5. The summed E-state index contributed by atoms with van der Waals surface area (Å²) in [6.07, 6.45) is 2.88. The van der Waals surface area contributed by atoms with E-state index in [1.54, 1.807) is 0 Å². The summed E-state index contributed by atoms with van der Waals surface area (Å²) in [7, 11) is 0. The van der Waals surface area contributed by atoms with Crippen LogP contribution in [0, 0.1) is 11.7 Å². The topological polar surface area (TPSA) is 70.2 Å². The van der Waals surface area contributed by atoms with Crippen LogP contribution in [0.3, 0.4) is 0 Å². The number of piperidine rings is 3. The molecule has 0 spiro atoms. The Balaban J connectivity index is 1.51. The van der Waals surface area contributed by atoms with Gasteiger partial charge in [-0.3, -0.25) is 14.9 Å². The van der Waals surface area contributed by atoms with Crippen LogP contribution in [0.2, 0.25) is 0 Å². The van der Waals surface area contributed by atoms with Crippen molar-refractivity contribution in [3.63, 3.8) is 0 Å². The summed E-state index contributed by atoms with van der Waals surface area (Å²) < 4.78 is 14.5. The van der Waals surface area contributed by atoms with E-state index in [0.717, 1.165) is 31.5 Å². The number of hydrogen-bond acceptors (Lipinski definition) is 4. The van der Waals surface area contributed by atoms with Gasteiger partial charge >= 0.3 is 0 Å². The maximum Gasteiger partial charge on any atom is 0.252 e. The number of benzene rings is 1. The van der Waals surface area contributed by atoms with Crippen molar-refractivity contribution >= 4 is 17.5 Å². The van der Waals surface area contributed by atoms with Crippen LogP contribution >= 0.6 is 0 Å². The summed E-state index contributed by atoms with van der Waals surface area (Å²) in [5, 5.41) is 8.81. The molecule has 23 heavy (non-hydrogen) atoms. The summed E-state index contributed by atoms with van der Waals surface area (Å²) in [6.45, 7) is 1.84. The Kier molecular flexibility index (Phi) is 3.37. The molecule has 3 heterocycles. The van der Waals surface area contributed by atoms with Crippen molar-refractivity contribution in [1.82, 2.24) is 10.6 Å². The van der Waals surface area contributed by atoms with E-state index in [1.807, 2.05) is 12.1 Å². The van der Waals surface area contributed by atoms with Crippen LogP contribution in [0.15, 0.2) is 18.2 Å². The van der Waals surface area contributed by atoms with E-state index in [0.29, 0.717) is 18.5 Å². The lowest BCUT2D eigenvalue weighted by atomic mass is 9.64. The van der Waals surface area contributed by atoms with E-state index in [9.17, 15) is 14.0 Å². The maximum absolute atomic E-state index is 14.5. The van der Waals surface area contributed by atoms with E-state index in [4.69, 9.17) is 0 Å². The third-order valence-corrected chi connectivity index (χ3v) is 5.39. The minimum atomic E-state index is -0.749. The number of nitrogens with one attached hydrogen (secondary N) is 3. The first-order valence-corrected chi connectivity index (χ1v) is 8.21. The van der Waals surface area contributed by atoms with Crippen molar-refractivity contribution in [3.8, 4) is 0 Å². The third kappa shape index (κ3) is 2.41. The lowest BCUT2D eigenvalue weighted by Gasteiger charge is -2.50. The number of carbonyl (C=O) groups excluding carboxylic acids is 2. The van der Waals surface area contributed by atoms with Crippen molar-refractivity contribution in [2.45, 2.75) is 37.1 Å². The van der Waals surface area contributed by atoms with E-state index >= 15 is 0 Å². The Hall–Kier alpha value is -1.95. The van der Waals surface area contributed by atoms with Gasteiger partial charge in [0, 0.05) is 11.6 Å². The smallest absolute Gasteiger partial charge is 0.252 e. The van der Waals surface area contributed by atoms with Crippen LogP contribution in [0.25, 0.3) is 0 Å². The average Bonchev–Trinajstić information content (AvgIpc) is 2.50. The highest BCUT2D eigenvalue weighted by Gasteiger charge is 2.57. The summed E-state index contributed by atoms with van der Waals surface area (Å²) in [6, 6.07) is 5.14. The number of amides is 2. The monoisotopic (exact) mass is 317 g/mol. The Morgan fingerprint density at radius 2 is 1.87 bits per heavy atom. The number of carbonyl (C=O) groups is 2. The van der Waals surface area contributed by atoms with Crippen LogP contribution < -0.4 is 16.0 Å². The zero-order chi connectivity index (χ0) is 16.0. The van der Waals surface area contributed by atoms with Crippen molar-refractivity contribution in [1.29, 1.82) is 0 Å². The van der Waals surface area contributed by atoms with Crippen LogP contribution in [-0.2, 0) is 9.59 Å². The highest BCUT2D eigenvalue weighted by atomic mass is 19.1. The predicted molar refractivity (Wildman–Crippen MR) is 83.5 cm³/mol. The third-order valence-electron chi connectivity index (χ3n) is 5.39. The summed E-state index contributed by atoms with van der Waals surface area (Å²) >= 11 is 0. The molecule has 0 unspecified atom stereocenters. The van der Waals surface area contributed by atoms with Gasteiger partial charge in [-0.25, -0.2) is 4.39 Å². The van der Waals surface area contributed by atoms with Gasteiger partial charge < -0.3 is 10.6 Å². The summed E-state index contributed by atoms with van der Waals surface area (Å²) in [5.74, 6) is -0.549. The molecule has 4 fully saturated rings. The van der Waals surface area contributed by atoms with Crippen molar-refractivity contribution < 1.29 is 14.0 Å². The molecule has 2 amide bonds. The number of hydrogen-bond donors (Lipinski definition) is 3. The average molecular weight is 317 g/mol. The summed E-state index contributed by atoms with van der Waals surface area (Å²) in [5.41, 5.74) is 0.605. The Bertz CT molecular complexity index is 664. The van der Waals surface area contributed by atoms with Gasteiger partial charge in [0.15, 0.2) is 0 Å². The Morgan fingerprint density at radius 3 is 2.52 bits per heavy atom. The van der Waals surface area contributed by atoms with Crippen LogP contribution in [0.4, 0.5) is 10.1 Å². The number of rotatable bonds is 3. The Labute approximate surface area is 134 Å². The molecule has 0 aromatic heterocycles. The highest BCUT2D eigenvalue weighted by Crippen LogP contribution is 2.44. The molecule has 3 N–H and O–H groups in total. The van der Waals surface area contributed by atoms with Crippen molar-refractivity contribution in [3.05, 3.63) is 29.6 Å². The van der Waals surface area contributed by atoms with Gasteiger partial charge in [0.2, 0.25) is 5.91 Å². The molecule has 122 valence electrons. The second-order valence-electron chi connectivity index (χ2n) is 6.89. The number of imide groups is 1. The number of anilines is 1. The van der Waals surface area contributed by atoms with E-state index in [-0.39, 0.29) is 29.5 Å². The van der Waals surface area contributed by atoms with Crippen molar-refractivity contribution in [2.24, 2.45) is 5.92 Å². The molecule has 1 aromatic rings. The van der Waals surface area contributed by atoms with Crippen LogP contribution in [-0.4, -0.2) is 30.4 Å². The minimum Gasteiger partial charge on any atom is -0.371 e. The first-order valence-electron chi connectivity index (χ1n) is 8.21. The van der Waals surface area contributed by atoms with Gasteiger partial charge in [-0.2, -0.15) is 0 Å². The minimum absolute atomic E-state index is 0.0981. The molecular formula is C17H20FN3O2. The molecular weight excluding hydrogens is 297 g/mol. The highest BCUT2D eigenvalue weighted by molar-refractivity contribution is 6.08. The molecule has 1 aromatic carbocycles. The summed E-state index contributed by atoms with van der Waals surface area (Å²) in [4.78, 5) is 23.6. The SMILES string of the molecule is O=C1NC(=O)C2(Nc3ccc(C4CCNCC4)c(F)c3)CC1C2. The lowest BCUT2D eigenvalue weighted by molar-refractivity contribution is -0.148. The first-order chi connectivity index (χ1) is 11.1. The van der Waals surface area contributed by atoms with Gasteiger partial charge in [0.1, 0.15) is 11.4 Å².